The number of morpholine rings is 1. The molecule has 1 saturated heterocycles. The highest BCUT2D eigenvalue weighted by molar-refractivity contribution is 6.00. The van der Waals surface area contributed by atoms with Crippen LogP contribution in [0, 0.1) is 0 Å². The van der Waals surface area contributed by atoms with Gasteiger partial charge in [0.1, 0.15) is 5.75 Å². The molecule has 0 aromatic heterocycles. The molecule has 7 heteroatoms. The molecule has 0 saturated carbocycles. The lowest BCUT2D eigenvalue weighted by molar-refractivity contribution is 0.0398. The average molecular weight is 476 g/mol. The van der Waals surface area contributed by atoms with E-state index in [1.807, 2.05) is 43.4 Å². The van der Waals surface area contributed by atoms with Gasteiger partial charge in [-0.3, -0.25) is 14.5 Å². The first-order valence-corrected chi connectivity index (χ1v) is 11.7. The number of phenolic OH excluding ortho intramolecular Hbond substituents is 1. The van der Waals surface area contributed by atoms with Crippen LogP contribution in [0.25, 0.3) is 11.1 Å². The summed E-state index contributed by atoms with van der Waals surface area (Å²) in [5, 5.41) is 15.7. The Bertz CT molecular complexity index is 1110. The molecule has 184 valence electrons. The van der Waals surface area contributed by atoms with Gasteiger partial charge in [0.15, 0.2) is 12.1 Å². The summed E-state index contributed by atoms with van der Waals surface area (Å²) >= 11 is 0. The van der Waals surface area contributed by atoms with Crippen molar-refractivity contribution in [2.24, 2.45) is 0 Å². The van der Waals surface area contributed by atoms with Gasteiger partial charge in [0, 0.05) is 50.2 Å². The molecule has 0 aliphatic carbocycles. The average Bonchev–Trinajstić information content (AvgIpc) is 2.90. The third-order valence-corrected chi connectivity index (χ3v) is 5.79. The number of nitrogens with one attached hydrogen (secondary N) is 2. The van der Waals surface area contributed by atoms with Crippen LogP contribution < -0.4 is 10.6 Å². The maximum atomic E-state index is 11.4. The van der Waals surface area contributed by atoms with E-state index in [1.165, 1.54) is 6.07 Å². The molecule has 7 nitrogen and oxygen atoms in total. The van der Waals surface area contributed by atoms with E-state index in [2.05, 4.69) is 27.7 Å². The Labute approximate surface area is 206 Å². The second-order valence-electron chi connectivity index (χ2n) is 8.20. The molecule has 0 bridgehead atoms. The number of aldehydes is 1. The van der Waals surface area contributed by atoms with Crippen LogP contribution >= 0.6 is 0 Å². The zero-order valence-corrected chi connectivity index (χ0v) is 20.3. The number of ketones is 1. The number of hydrogen-bond donors (Lipinski definition) is 3. The topological polar surface area (TPSA) is 90.9 Å². The summed E-state index contributed by atoms with van der Waals surface area (Å²) in [6.45, 7) is 6.87. The molecule has 0 amide bonds. The predicted molar refractivity (Wildman–Crippen MR) is 141 cm³/mol. The van der Waals surface area contributed by atoms with E-state index in [0.717, 1.165) is 67.5 Å². The van der Waals surface area contributed by atoms with E-state index in [1.54, 1.807) is 19.1 Å². The number of carbonyl (C=O) groups is 2. The summed E-state index contributed by atoms with van der Waals surface area (Å²) in [5.41, 5.74) is 5.03. The maximum absolute atomic E-state index is 11.4. The smallest absolute Gasteiger partial charge is 0.161 e. The zero-order chi connectivity index (χ0) is 25.0. The van der Waals surface area contributed by atoms with Gasteiger partial charge in [0.2, 0.25) is 0 Å². The first-order valence-electron chi connectivity index (χ1n) is 11.7. The monoisotopic (exact) mass is 475 g/mol. The number of anilines is 2. The third kappa shape index (κ3) is 7.67. The molecule has 1 aliphatic heterocycles. The number of aromatic hydroxyl groups is 1. The number of benzene rings is 3. The largest absolute Gasteiger partial charge is 0.507 e. The fourth-order valence-electron chi connectivity index (χ4n) is 3.81. The van der Waals surface area contributed by atoms with E-state index >= 15 is 0 Å². The summed E-state index contributed by atoms with van der Waals surface area (Å²) in [6.07, 6.45) is 0.655. The van der Waals surface area contributed by atoms with Gasteiger partial charge in [-0.1, -0.05) is 36.4 Å². The van der Waals surface area contributed by atoms with E-state index in [-0.39, 0.29) is 11.5 Å². The fourth-order valence-corrected chi connectivity index (χ4v) is 3.81. The van der Waals surface area contributed by atoms with Crippen LogP contribution in [0.2, 0.25) is 0 Å². The molecule has 0 spiro atoms. The fraction of sp³-hybridized carbons (Fsp3) is 0.286. The van der Waals surface area contributed by atoms with Crippen molar-refractivity contribution in [2.75, 3.05) is 57.1 Å². The number of carbonyl (C=O) groups excluding carboxylic acids is 2. The highest BCUT2D eigenvalue weighted by Gasteiger charge is 2.10. The molecule has 35 heavy (non-hydrogen) atoms. The molecule has 3 aromatic rings. The van der Waals surface area contributed by atoms with Crippen molar-refractivity contribution in [3.8, 4) is 16.9 Å². The van der Waals surface area contributed by atoms with Gasteiger partial charge in [-0.25, -0.2) is 0 Å². The Balaban J connectivity index is 0.000000196. The highest BCUT2D eigenvalue weighted by Crippen LogP contribution is 2.25. The Morgan fingerprint density at radius 2 is 1.77 bits per heavy atom. The first kappa shape index (κ1) is 25.9. The lowest BCUT2D eigenvalue weighted by Gasteiger charge is -2.26. The molecule has 0 unspecified atom stereocenters. The summed E-state index contributed by atoms with van der Waals surface area (Å²) in [4.78, 5) is 24.5. The normalized spacial score (nSPS) is 13.3. The second kappa shape index (κ2) is 13.3. The van der Waals surface area contributed by atoms with Crippen molar-refractivity contribution in [1.82, 2.24) is 4.90 Å². The van der Waals surface area contributed by atoms with Crippen molar-refractivity contribution in [3.05, 3.63) is 77.9 Å². The predicted octanol–water partition coefficient (Wildman–Crippen LogP) is 4.55. The van der Waals surface area contributed by atoms with E-state index in [4.69, 9.17) is 4.74 Å². The summed E-state index contributed by atoms with van der Waals surface area (Å²) in [6, 6.07) is 20.9. The van der Waals surface area contributed by atoms with Gasteiger partial charge in [-0.15, -0.1) is 0 Å². The Morgan fingerprint density at radius 1 is 1.03 bits per heavy atom. The van der Waals surface area contributed by atoms with Crippen LogP contribution in [-0.4, -0.2) is 68.5 Å². The number of ether oxygens (including phenoxy) is 1. The molecular weight excluding hydrogens is 442 g/mol. The molecule has 3 N–H and O–H groups in total. The van der Waals surface area contributed by atoms with E-state index in [0.29, 0.717) is 11.8 Å². The van der Waals surface area contributed by atoms with Gasteiger partial charge < -0.3 is 20.5 Å². The van der Waals surface area contributed by atoms with Gasteiger partial charge >= 0.3 is 0 Å². The number of phenols is 1. The van der Waals surface area contributed by atoms with Crippen LogP contribution in [0.3, 0.4) is 0 Å². The highest BCUT2D eigenvalue weighted by atomic mass is 16.5. The molecule has 0 radical (unpaired) electrons. The lowest BCUT2D eigenvalue weighted by atomic mass is 10.0. The molecular formula is C28H33N3O4. The molecule has 4 rings (SSSR count). The number of nitrogens with zero attached hydrogens (tertiary/aromatic N) is 1. The summed E-state index contributed by atoms with van der Waals surface area (Å²) in [7, 11) is 1.83. The zero-order valence-electron chi connectivity index (χ0n) is 20.3. The van der Waals surface area contributed by atoms with Gasteiger partial charge in [-0.2, -0.15) is 0 Å². The Hall–Kier alpha value is -3.68. The SMILES string of the molecule is CNc1cc(-c2ccccc2)ccc1C(C)=O.O=Cc1cc(NCCN2CCOCC2)ccc1O. The second-order valence-corrected chi connectivity index (χ2v) is 8.20. The maximum Gasteiger partial charge on any atom is 0.161 e. The molecule has 1 fully saturated rings. The van der Waals surface area contributed by atoms with Crippen molar-refractivity contribution in [3.63, 3.8) is 0 Å². The number of hydrogen-bond acceptors (Lipinski definition) is 7. The van der Waals surface area contributed by atoms with Gasteiger partial charge in [0.05, 0.1) is 18.8 Å². The quantitative estimate of drug-likeness (QED) is 0.250. The molecule has 1 heterocycles. The Kier molecular flexibility index (Phi) is 9.83. The summed E-state index contributed by atoms with van der Waals surface area (Å²) in [5.74, 6) is 0.0951. The van der Waals surface area contributed by atoms with E-state index < -0.39 is 0 Å². The number of rotatable bonds is 8. The number of Topliss-reactive ketones (excluding diaryl/α,β-unsaturated/α-hetero) is 1. The van der Waals surface area contributed by atoms with Crippen molar-refractivity contribution in [2.45, 2.75) is 6.92 Å². The van der Waals surface area contributed by atoms with Crippen LogP contribution in [-0.2, 0) is 4.74 Å². The third-order valence-electron chi connectivity index (χ3n) is 5.79. The van der Waals surface area contributed by atoms with Gasteiger partial charge in [0.25, 0.3) is 0 Å². The minimum Gasteiger partial charge on any atom is -0.507 e. The molecule has 3 aromatic carbocycles. The first-order chi connectivity index (χ1) is 17.0. The van der Waals surface area contributed by atoms with Gasteiger partial charge in [-0.05, 0) is 48.4 Å². The minimum absolute atomic E-state index is 0.0173. The van der Waals surface area contributed by atoms with Crippen LogP contribution in [0.1, 0.15) is 27.6 Å². The Morgan fingerprint density at radius 3 is 2.43 bits per heavy atom. The van der Waals surface area contributed by atoms with Crippen molar-refractivity contribution < 1.29 is 19.4 Å². The van der Waals surface area contributed by atoms with E-state index in [9.17, 15) is 14.7 Å². The molecule has 1 aliphatic rings. The van der Waals surface area contributed by atoms with Crippen LogP contribution in [0.15, 0.2) is 66.7 Å². The lowest BCUT2D eigenvalue weighted by Crippen LogP contribution is -2.39. The van der Waals surface area contributed by atoms with Crippen molar-refractivity contribution in [1.29, 1.82) is 0 Å². The van der Waals surface area contributed by atoms with Crippen molar-refractivity contribution >= 4 is 23.4 Å². The van der Waals surface area contributed by atoms with Crippen LogP contribution in [0.4, 0.5) is 11.4 Å². The van der Waals surface area contributed by atoms with Crippen LogP contribution in [0.5, 0.6) is 5.75 Å². The minimum atomic E-state index is 0.0173. The standard InChI is InChI=1S/C15H15NO.C13H18N2O3/c1-11(17)14-9-8-13(10-15(14)16-2)12-6-4-3-5-7-12;16-10-11-9-12(1-2-13(11)17)14-3-4-15-5-7-18-8-6-15/h3-10,16H,1-2H3;1-2,9-10,14,17H,3-8H2. The summed E-state index contributed by atoms with van der Waals surface area (Å²) < 4.78 is 5.28. The molecule has 0 atom stereocenters.